The fourth-order valence-corrected chi connectivity index (χ4v) is 6.12. The van der Waals surface area contributed by atoms with Crippen LogP contribution in [0.3, 0.4) is 0 Å². The topological polar surface area (TPSA) is 112 Å². The molecule has 4 aromatic rings. The molecule has 1 fully saturated rings. The Labute approximate surface area is 284 Å². The number of piperazine rings is 1. The molecule has 1 aliphatic heterocycles. The number of hydrogen-bond acceptors (Lipinski definition) is 9. The molecule has 0 radical (unpaired) electrons. The molecule has 0 bridgehead atoms. The van der Waals surface area contributed by atoms with E-state index in [0.717, 1.165) is 5.56 Å². The molecule has 0 aliphatic carbocycles. The third kappa shape index (κ3) is 7.57. The van der Waals surface area contributed by atoms with Crippen molar-refractivity contribution in [1.82, 2.24) is 24.4 Å². The first-order valence-corrected chi connectivity index (χ1v) is 16.4. The van der Waals surface area contributed by atoms with Crippen molar-refractivity contribution in [1.29, 1.82) is 0 Å². The lowest BCUT2D eigenvalue weighted by Gasteiger charge is -2.41. The second-order valence-electron chi connectivity index (χ2n) is 13.6. The Bertz CT molecular complexity index is 1910. The average molecular weight is 679 g/mol. The van der Waals surface area contributed by atoms with Crippen LogP contribution in [-0.2, 0) is 20.6 Å². The molecule has 1 saturated heterocycles. The maximum Gasteiger partial charge on any atom is 0.410 e. The molecule has 1 atom stereocenters. The Hall–Kier alpha value is -4.49. The van der Waals surface area contributed by atoms with E-state index >= 15 is 8.78 Å². The summed E-state index contributed by atoms with van der Waals surface area (Å²) in [5.41, 5.74) is 0.884. The van der Waals surface area contributed by atoms with Crippen molar-refractivity contribution in [2.45, 2.75) is 72.4 Å². The van der Waals surface area contributed by atoms with E-state index in [0.29, 0.717) is 30.0 Å². The molecule has 49 heavy (non-hydrogen) atoms. The third-order valence-electron chi connectivity index (χ3n) is 8.33. The Kier molecular flexibility index (Phi) is 10.6. The second kappa shape index (κ2) is 14.6. The highest BCUT2D eigenvalue weighted by Crippen LogP contribution is 2.35. The van der Waals surface area contributed by atoms with Crippen LogP contribution in [-0.4, -0.2) is 82.3 Å². The summed E-state index contributed by atoms with van der Waals surface area (Å²) in [6, 6.07) is 7.23. The van der Waals surface area contributed by atoms with E-state index in [9.17, 15) is 9.59 Å². The van der Waals surface area contributed by atoms with Crippen molar-refractivity contribution >= 4 is 22.9 Å². The summed E-state index contributed by atoms with van der Waals surface area (Å²) < 4.78 is 49.4. The summed E-state index contributed by atoms with van der Waals surface area (Å²) >= 11 is 0. The van der Waals surface area contributed by atoms with Crippen LogP contribution in [0.25, 0.3) is 28.0 Å². The smallest absolute Gasteiger partial charge is 0.410 e. The summed E-state index contributed by atoms with van der Waals surface area (Å²) in [6.07, 6.45) is 1.50. The van der Waals surface area contributed by atoms with Gasteiger partial charge in [0, 0.05) is 44.5 Å². The van der Waals surface area contributed by atoms with Gasteiger partial charge < -0.3 is 24.0 Å². The van der Waals surface area contributed by atoms with Crippen molar-refractivity contribution in [2.75, 3.05) is 45.0 Å². The van der Waals surface area contributed by atoms with Crippen LogP contribution >= 0.6 is 0 Å². The summed E-state index contributed by atoms with van der Waals surface area (Å²) in [7, 11) is 1.50. The largest absolute Gasteiger partial charge is 0.444 e. The van der Waals surface area contributed by atoms with Crippen LogP contribution in [0, 0.1) is 18.6 Å². The van der Waals surface area contributed by atoms with E-state index in [1.54, 1.807) is 50.1 Å². The standard InChI is InChI=1S/C36H44F2N6O5/c1-21(2)29-31(22(3)12-14-39-29)44-33-25(18-27(38)30(40-33)28-24(10-9-11-26(28)37)13-17-48-20-47-8)32(41-34(44)45)43-16-15-42(19-23(43)4)35(46)49-36(5,6)7/h9-12,14,18,21,23H,13,15-17,19-20H2,1-8H3/t23-/m0/s1. The lowest BCUT2D eigenvalue weighted by atomic mass is 10.00. The quantitative estimate of drug-likeness (QED) is 0.152. The summed E-state index contributed by atoms with van der Waals surface area (Å²) in [5.74, 6) is -1.30. The van der Waals surface area contributed by atoms with Gasteiger partial charge in [0.25, 0.3) is 0 Å². The molecule has 0 unspecified atom stereocenters. The number of carbonyl (C=O) groups is 1. The van der Waals surface area contributed by atoms with Gasteiger partial charge in [-0.05, 0) is 76.3 Å². The number of hydrogen-bond donors (Lipinski definition) is 0. The SMILES string of the molecule is COCOCCc1cccc(F)c1-c1nc2c(cc1F)c(N1CCN(C(=O)OC(C)(C)C)C[C@@H]1C)nc(=O)n2-c1c(C)ccnc1C(C)C. The molecule has 1 aromatic carbocycles. The first-order chi connectivity index (χ1) is 23.2. The summed E-state index contributed by atoms with van der Waals surface area (Å²) in [4.78, 5) is 44.4. The number of benzene rings is 1. The minimum Gasteiger partial charge on any atom is -0.444 e. The molecule has 11 nitrogen and oxygen atoms in total. The van der Waals surface area contributed by atoms with E-state index in [2.05, 4.69) is 9.97 Å². The molecule has 0 saturated carbocycles. The van der Waals surface area contributed by atoms with Crippen molar-refractivity contribution in [3.8, 4) is 16.9 Å². The van der Waals surface area contributed by atoms with Gasteiger partial charge in [-0.1, -0.05) is 26.0 Å². The Morgan fingerprint density at radius 1 is 1.10 bits per heavy atom. The van der Waals surface area contributed by atoms with Gasteiger partial charge in [0.1, 0.15) is 35.5 Å². The number of nitrogens with zero attached hydrogens (tertiary/aromatic N) is 6. The minimum absolute atomic E-state index is 0.0217. The number of carbonyl (C=O) groups excluding carboxylic acids is 1. The molecule has 262 valence electrons. The van der Waals surface area contributed by atoms with E-state index in [4.69, 9.17) is 19.2 Å². The highest BCUT2D eigenvalue weighted by molar-refractivity contribution is 5.91. The number of aryl methyl sites for hydroxylation is 1. The highest BCUT2D eigenvalue weighted by atomic mass is 19.1. The predicted octanol–water partition coefficient (Wildman–Crippen LogP) is 6.16. The van der Waals surface area contributed by atoms with Crippen molar-refractivity contribution in [3.05, 3.63) is 75.5 Å². The number of pyridine rings is 2. The lowest BCUT2D eigenvalue weighted by molar-refractivity contribution is -0.0291. The second-order valence-corrected chi connectivity index (χ2v) is 13.6. The number of amides is 1. The molecule has 1 amide bonds. The van der Waals surface area contributed by atoms with Gasteiger partial charge in [-0.2, -0.15) is 4.98 Å². The Balaban J connectivity index is 1.72. The fraction of sp³-hybridized carbons (Fsp3) is 0.472. The van der Waals surface area contributed by atoms with Crippen LogP contribution < -0.4 is 10.6 Å². The zero-order valence-electron chi connectivity index (χ0n) is 29.3. The number of aromatic nitrogens is 4. The van der Waals surface area contributed by atoms with Crippen LogP contribution in [0.2, 0.25) is 0 Å². The normalized spacial score (nSPS) is 15.4. The zero-order valence-corrected chi connectivity index (χ0v) is 29.3. The van der Waals surface area contributed by atoms with Crippen molar-refractivity contribution in [3.63, 3.8) is 0 Å². The van der Waals surface area contributed by atoms with E-state index in [-0.39, 0.29) is 66.4 Å². The van der Waals surface area contributed by atoms with Crippen LogP contribution in [0.15, 0.2) is 41.3 Å². The van der Waals surface area contributed by atoms with Gasteiger partial charge in [-0.25, -0.2) is 27.9 Å². The van der Waals surface area contributed by atoms with Crippen LogP contribution in [0.5, 0.6) is 0 Å². The van der Waals surface area contributed by atoms with Gasteiger partial charge in [-0.3, -0.25) is 4.98 Å². The molecule has 3 aromatic heterocycles. The molecule has 0 spiro atoms. The van der Waals surface area contributed by atoms with Crippen molar-refractivity contribution < 1.29 is 27.8 Å². The fourth-order valence-electron chi connectivity index (χ4n) is 6.12. The monoisotopic (exact) mass is 678 g/mol. The number of methoxy groups -OCH3 is 1. The summed E-state index contributed by atoms with van der Waals surface area (Å²) in [6.45, 7) is 14.2. The van der Waals surface area contributed by atoms with E-state index < -0.39 is 29.0 Å². The van der Waals surface area contributed by atoms with E-state index in [1.165, 1.54) is 23.8 Å². The molecule has 0 N–H and O–H groups in total. The van der Waals surface area contributed by atoms with E-state index in [1.807, 2.05) is 32.6 Å². The maximum absolute atomic E-state index is 16.4. The zero-order chi connectivity index (χ0) is 35.6. The first-order valence-electron chi connectivity index (χ1n) is 16.4. The molecular weight excluding hydrogens is 634 g/mol. The Morgan fingerprint density at radius 2 is 1.86 bits per heavy atom. The summed E-state index contributed by atoms with van der Waals surface area (Å²) in [5, 5.41) is 0.262. The minimum atomic E-state index is -0.781. The first kappa shape index (κ1) is 35.8. The number of fused-ring (bicyclic) bond motifs is 1. The van der Waals surface area contributed by atoms with Crippen molar-refractivity contribution in [2.24, 2.45) is 0 Å². The van der Waals surface area contributed by atoms with Gasteiger partial charge in [0.15, 0.2) is 5.65 Å². The number of ether oxygens (including phenoxy) is 3. The maximum atomic E-state index is 16.4. The lowest BCUT2D eigenvalue weighted by Crippen LogP contribution is -2.55. The predicted molar refractivity (Wildman–Crippen MR) is 183 cm³/mol. The number of halogens is 2. The van der Waals surface area contributed by atoms with Gasteiger partial charge >= 0.3 is 11.8 Å². The number of anilines is 1. The van der Waals surface area contributed by atoms with Crippen LogP contribution in [0.4, 0.5) is 19.4 Å². The highest BCUT2D eigenvalue weighted by Gasteiger charge is 2.33. The molecule has 13 heteroatoms. The van der Waals surface area contributed by atoms with Gasteiger partial charge in [-0.15, -0.1) is 0 Å². The van der Waals surface area contributed by atoms with Gasteiger partial charge in [0.05, 0.1) is 23.4 Å². The van der Waals surface area contributed by atoms with Crippen LogP contribution in [0.1, 0.15) is 64.3 Å². The molecule has 5 rings (SSSR count). The average Bonchev–Trinajstić information content (AvgIpc) is 3.02. The Morgan fingerprint density at radius 3 is 2.53 bits per heavy atom. The molecular formula is C36H44F2N6O5. The number of rotatable bonds is 9. The van der Waals surface area contributed by atoms with Gasteiger partial charge in [0.2, 0.25) is 0 Å². The molecule has 1 aliphatic rings. The third-order valence-corrected chi connectivity index (χ3v) is 8.33. The molecule has 4 heterocycles.